The van der Waals surface area contributed by atoms with Crippen LogP contribution in [-0.4, -0.2) is 21.3 Å². The number of anilines is 1. The molecule has 0 saturated heterocycles. The first kappa shape index (κ1) is 16.2. The van der Waals surface area contributed by atoms with E-state index in [1.54, 1.807) is 12.1 Å². The number of nitrogen functional groups attached to an aromatic ring is 1. The molecule has 2 aromatic heterocycles. The number of aliphatic imine (C=N–C) groups is 1. The molecule has 8 heteroatoms. The van der Waals surface area contributed by atoms with Crippen molar-refractivity contribution < 1.29 is 5.11 Å². The molecule has 0 radical (unpaired) electrons. The summed E-state index contributed by atoms with van der Waals surface area (Å²) < 4.78 is 0.933. The third-order valence-corrected chi connectivity index (χ3v) is 4.16. The van der Waals surface area contributed by atoms with Crippen LogP contribution in [0.5, 0.6) is 5.88 Å². The number of hydrogen-bond donors (Lipinski definition) is 4. The van der Waals surface area contributed by atoms with Gasteiger partial charge < -0.3 is 15.8 Å². The van der Waals surface area contributed by atoms with E-state index >= 15 is 0 Å². The van der Waals surface area contributed by atoms with Crippen molar-refractivity contribution in [3.8, 4) is 5.88 Å². The van der Waals surface area contributed by atoms with Crippen molar-refractivity contribution in [3.63, 3.8) is 0 Å². The highest BCUT2D eigenvalue weighted by molar-refractivity contribution is 14.1. The van der Waals surface area contributed by atoms with Crippen LogP contribution in [-0.2, 0) is 6.54 Å². The van der Waals surface area contributed by atoms with Crippen LogP contribution in [0, 0.1) is 3.57 Å². The van der Waals surface area contributed by atoms with Crippen molar-refractivity contribution in [3.05, 3.63) is 65.9 Å². The van der Waals surface area contributed by atoms with Crippen molar-refractivity contribution in [2.45, 2.75) is 6.54 Å². The second kappa shape index (κ2) is 6.48. The molecule has 0 fully saturated rings. The molecule has 0 atom stereocenters. The molecule has 24 heavy (non-hydrogen) atoms. The lowest BCUT2D eigenvalue weighted by Gasteiger charge is -2.05. The maximum Gasteiger partial charge on any atom is 0.258 e. The number of halogens is 1. The molecule has 0 spiro atoms. The Morgan fingerprint density at radius 3 is 2.79 bits per heavy atom. The van der Waals surface area contributed by atoms with Gasteiger partial charge in [-0.15, -0.1) is 0 Å². The lowest BCUT2D eigenvalue weighted by atomic mass is 10.1. The standard InChI is InChI=1S/C16H13IN4O3/c17-8-1-2-10-11(3-8)12(16(24)21-15(10)23)6-19-5-9-4-14(22)13(18)7-20-9/h1-4,6-7H,5,18H2,(H,20,22)(H2,21,23,24). The number of aromatic hydroxyl groups is 1. The summed E-state index contributed by atoms with van der Waals surface area (Å²) in [6.45, 7) is 0.208. The van der Waals surface area contributed by atoms with Crippen LogP contribution in [0.25, 0.3) is 10.8 Å². The Labute approximate surface area is 149 Å². The molecule has 0 saturated carbocycles. The van der Waals surface area contributed by atoms with E-state index in [4.69, 9.17) is 5.73 Å². The summed E-state index contributed by atoms with van der Waals surface area (Å²) >= 11 is 2.13. The lowest BCUT2D eigenvalue weighted by Crippen LogP contribution is -2.09. The Bertz CT molecular complexity index is 1070. The minimum atomic E-state index is -0.362. The molecule has 3 aromatic rings. The second-order valence-corrected chi connectivity index (χ2v) is 6.40. The van der Waals surface area contributed by atoms with E-state index in [1.807, 2.05) is 6.07 Å². The fourth-order valence-electron chi connectivity index (χ4n) is 2.29. The van der Waals surface area contributed by atoms with Gasteiger partial charge in [0.05, 0.1) is 17.8 Å². The van der Waals surface area contributed by atoms with E-state index < -0.39 is 0 Å². The number of nitrogens with zero attached hydrogens (tertiary/aromatic N) is 1. The fourth-order valence-corrected chi connectivity index (χ4v) is 2.78. The zero-order valence-corrected chi connectivity index (χ0v) is 14.5. The van der Waals surface area contributed by atoms with Gasteiger partial charge in [0.25, 0.3) is 5.56 Å². The molecular formula is C16H13IN4O3. The average molecular weight is 436 g/mol. The largest absolute Gasteiger partial charge is 0.494 e. The second-order valence-electron chi connectivity index (χ2n) is 5.15. The number of fused-ring (bicyclic) bond motifs is 1. The van der Waals surface area contributed by atoms with Gasteiger partial charge in [-0.25, -0.2) is 0 Å². The number of nitrogens with one attached hydrogen (secondary N) is 2. The summed E-state index contributed by atoms with van der Waals surface area (Å²) in [5.41, 5.74) is 5.98. The summed E-state index contributed by atoms with van der Waals surface area (Å²) in [6, 6.07) is 6.69. The minimum absolute atomic E-state index is 0.140. The van der Waals surface area contributed by atoms with E-state index in [9.17, 15) is 14.7 Å². The van der Waals surface area contributed by atoms with E-state index in [-0.39, 0.29) is 29.1 Å². The number of aromatic amines is 2. The normalized spacial score (nSPS) is 11.4. The van der Waals surface area contributed by atoms with Crippen LogP contribution in [0.4, 0.5) is 5.69 Å². The number of H-pyrrole nitrogens is 2. The maximum absolute atomic E-state index is 11.9. The van der Waals surface area contributed by atoms with Crippen LogP contribution in [0.3, 0.4) is 0 Å². The van der Waals surface area contributed by atoms with Gasteiger partial charge in [-0.3, -0.25) is 19.6 Å². The van der Waals surface area contributed by atoms with Gasteiger partial charge in [0, 0.05) is 38.5 Å². The monoisotopic (exact) mass is 436 g/mol. The molecule has 1 aromatic carbocycles. The van der Waals surface area contributed by atoms with Crippen LogP contribution in [0.1, 0.15) is 11.3 Å². The Morgan fingerprint density at radius 2 is 2.04 bits per heavy atom. The van der Waals surface area contributed by atoms with Crippen LogP contribution in [0.15, 0.2) is 45.0 Å². The van der Waals surface area contributed by atoms with Crippen molar-refractivity contribution in [2.75, 3.05) is 5.73 Å². The molecule has 3 rings (SSSR count). The Balaban J connectivity index is 2.00. The number of pyridine rings is 2. The topological polar surface area (TPSA) is 124 Å². The molecule has 5 N–H and O–H groups in total. The number of benzene rings is 1. The third kappa shape index (κ3) is 3.18. The first-order chi connectivity index (χ1) is 11.5. The smallest absolute Gasteiger partial charge is 0.258 e. The number of hydrogen-bond acceptors (Lipinski definition) is 5. The molecule has 0 bridgehead atoms. The zero-order chi connectivity index (χ0) is 17.3. The fraction of sp³-hybridized carbons (Fsp3) is 0.0625. The molecule has 0 aliphatic heterocycles. The van der Waals surface area contributed by atoms with Crippen LogP contribution < -0.4 is 16.7 Å². The summed E-state index contributed by atoms with van der Waals surface area (Å²) in [5.74, 6) is -0.246. The van der Waals surface area contributed by atoms with Crippen molar-refractivity contribution in [2.24, 2.45) is 4.99 Å². The zero-order valence-electron chi connectivity index (χ0n) is 12.3. The summed E-state index contributed by atoms with van der Waals surface area (Å²) in [4.78, 5) is 32.9. The first-order valence-electron chi connectivity index (χ1n) is 6.97. The van der Waals surface area contributed by atoms with Gasteiger partial charge in [0.1, 0.15) is 0 Å². The third-order valence-electron chi connectivity index (χ3n) is 3.49. The van der Waals surface area contributed by atoms with Gasteiger partial charge in [0.15, 0.2) is 0 Å². The van der Waals surface area contributed by atoms with Crippen molar-refractivity contribution in [1.82, 2.24) is 9.97 Å². The SMILES string of the molecule is Nc1c[nH]c(CN=Cc2c(O)[nH]c(=O)c3ccc(I)cc23)cc1=O. The maximum atomic E-state index is 11.9. The quantitative estimate of drug-likeness (QED) is 0.369. The van der Waals surface area contributed by atoms with E-state index in [0.29, 0.717) is 22.0 Å². The highest BCUT2D eigenvalue weighted by atomic mass is 127. The molecule has 2 heterocycles. The van der Waals surface area contributed by atoms with Gasteiger partial charge in [-0.2, -0.15) is 0 Å². The molecule has 0 aliphatic carbocycles. The predicted molar refractivity (Wildman–Crippen MR) is 102 cm³/mol. The van der Waals surface area contributed by atoms with Gasteiger partial charge >= 0.3 is 0 Å². The number of rotatable bonds is 3. The molecular weight excluding hydrogens is 423 g/mol. The molecule has 7 nitrogen and oxygen atoms in total. The number of aromatic nitrogens is 2. The van der Waals surface area contributed by atoms with E-state index in [2.05, 4.69) is 37.6 Å². The molecule has 122 valence electrons. The van der Waals surface area contributed by atoms with Gasteiger partial charge in [-0.05, 0) is 40.8 Å². The molecule has 0 unspecified atom stereocenters. The van der Waals surface area contributed by atoms with Gasteiger partial charge in [0.2, 0.25) is 11.3 Å². The Kier molecular flexibility index (Phi) is 4.38. The van der Waals surface area contributed by atoms with Crippen molar-refractivity contribution in [1.29, 1.82) is 0 Å². The number of nitrogens with two attached hydrogens (primary N) is 1. The minimum Gasteiger partial charge on any atom is -0.494 e. The lowest BCUT2D eigenvalue weighted by molar-refractivity contribution is 0.452. The van der Waals surface area contributed by atoms with Crippen LogP contribution in [0.2, 0.25) is 0 Å². The Morgan fingerprint density at radius 1 is 1.25 bits per heavy atom. The predicted octanol–water partition coefficient (Wildman–Crippen LogP) is 1.73. The summed E-state index contributed by atoms with van der Waals surface area (Å²) in [5, 5.41) is 11.1. The molecule has 0 amide bonds. The summed E-state index contributed by atoms with van der Waals surface area (Å²) in [7, 11) is 0. The highest BCUT2D eigenvalue weighted by Gasteiger charge is 2.09. The van der Waals surface area contributed by atoms with Gasteiger partial charge in [-0.1, -0.05) is 0 Å². The summed E-state index contributed by atoms with van der Waals surface area (Å²) in [6.07, 6.45) is 2.89. The highest BCUT2D eigenvalue weighted by Crippen LogP contribution is 2.22. The van der Waals surface area contributed by atoms with E-state index in [0.717, 1.165) is 3.57 Å². The van der Waals surface area contributed by atoms with Crippen LogP contribution >= 0.6 is 22.6 Å². The first-order valence-corrected chi connectivity index (χ1v) is 8.05. The van der Waals surface area contributed by atoms with E-state index in [1.165, 1.54) is 18.5 Å². The average Bonchev–Trinajstić information content (AvgIpc) is 2.53. The Hall–Kier alpha value is -2.62. The molecule has 0 aliphatic rings. The van der Waals surface area contributed by atoms with Crippen molar-refractivity contribution >= 4 is 45.3 Å².